The van der Waals surface area contributed by atoms with Gasteiger partial charge in [0, 0.05) is 37.5 Å². The van der Waals surface area contributed by atoms with Crippen molar-refractivity contribution in [2.24, 2.45) is 0 Å². The van der Waals surface area contributed by atoms with Crippen LogP contribution in [0.5, 0.6) is 0 Å². The monoisotopic (exact) mass is 338 g/mol. The van der Waals surface area contributed by atoms with Crippen LogP contribution in [0.4, 0.5) is 0 Å². The minimum atomic E-state index is 0.406. The fourth-order valence-electron chi connectivity index (χ4n) is 3.33. The van der Waals surface area contributed by atoms with E-state index in [1.807, 2.05) is 36.7 Å². The summed E-state index contributed by atoms with van der Waals surface area (Å²) >= 11 is 0. The molecule has 1 aromatic carbocycles. The number of likely N-dealkylation sites (tertiary alicyclic amines) is 1. The molecule has 6 heteroatoms. The number of methoxy groups -OCH3 is 1. The maximum absolute atomic E-state index is 5.94. The molecule has 1 aliphatic rings. The number of benzene rings is 1. The van der Waals surface area contributed by atoms with E-state index in [4.69, 9.17) is 9.15 Å². The highest BCUT2D eigenvalue weighted by Crippen LogP contribution is 2.30. The van der Waals surface area contributed by atoms with Gasteiger partial charge in [-0.3, -0.25) is 4.90 Å². The summed E-state index contributed by atoms with van der Waals surface area (Å²) in [6.07, 6.45) is 5.92. The van der Waals surface area contributed by atoms with Gasteiger partial charge >= 0.3 is 0 Å². The van der Waals surface area contributed by atoms with Crippen LogP contribution in [0.25, 0.3) is 11.1 Å². The Balaban J connectivity index is 1.34. The van der Waals surface area contributed by atoms with Crippen LogP contribution < -0.4 is 0 Å². The van der Waals surface area contributed by atoms with Gasteiger partial charge in [0.05, 0.1) is 0 Å². The molecular weight excluding hydrogens is 316 g/mol. The number of aromatic nitrogens is 3. The van der Waals surface area contributed by atoms with Crippen molar-refractivity contribution in [1.82, 2.24) is 19.9 Å². The Kier molecular flexibility index (Phi) is 4.72. The fraction of sp³-hybridized carbons (Fsp3) is 0.421. The van der Waals surface area contributed by atoms with Gasteiger partial charge in [0.1, 0.15) is 12.1 Å². The molecule has 1 saturated heterocycles. The van der Waals surface area contributed by atoms with Crippen molar-refractivity contribution in [2.75, 3.05) is 20.2 Å². The zero-order valence-electron chi connectivity index (χ0n) is 14.4. The summed E-state index contributed by atoms with van der Waals surface area (Å²) < 4.78 is 11.0. The maximum atomic E-state index is 5.94. The standard InChI is InChI=1S/C19H22N4O2/c1-24-13-18-20-10-14(11-21-18)12-23-8-6-15(7-9-23)19-22-16-4-2-3-5-17(16)25-19/h2-5,10-11,15H,6-9,12-13H2,1H3. The van der Waals surface area contributed by atoms with Crippen LogP contribution in [0.1, 0.15) is 36.0 Å². The quantitative estimate of drug-likeness (QED) is 0.712. The van der Waals surface area contributed by atoms with Gasteiger partial charge in [0.2, 0.25) is 0 Å². The second-order valence-electron chi connectivity index (χ2n) is 6.51. The average molecular weight is 338 g/mol. The van der Waals surface area contributed by atoms with Crippen LogP contribution >= 0.6 is 0 Å². The third kappa shape index (κ3) is 3.70. The lowest BCUT2D eigenvalue weighted by atomic mass is 9.96. The summed E-state index contributed by atoms with van der Waals surface area (Å²) in [5.74, 6) is 2.01. The van der Waals surface area contributed by atoms with E-state index in [0.29, 0.717) is 12.5 Å². The molecule has 0 aliphatic carbocycles. The molecule has 3 aromatic rings. The lowest BCUT2D eigenvalue weighted by Crippen LogP contribution is -2.32. The maximum Gasteiger partial charge on any atom is 0.198 e. The third-order valence-electron chi connectivity index (χ3n) is 4.69. The predicted molar refractivity (Wildman–Crippen MR) is 94.0 cm³/mol. The molecule has 4 rings (SSSR count). The van der Waals surface area contributed by atoms with E-state index >= 15 is 0 Å². The number of hydrogen-bond donors (Lipinski definition) is 0. The van der Waals surface area contributed by atoms with Crippen LogP contribution in [0.3, 0.4) is 0 Å². The zero-order chi connectivity index (χ0) is 17.1. The molecule has 0 radical (unpaired) electrons. The van der Waals surface area contributed by atoms with E-state index in [-0.39, 0.29) is 0 Å². The summed E-state index contributed by atoms with van der Waals surface area (Å²) in [7, 11) is 1.65. The molecule has 130 valence electrons. The number of fused-ring (bicyclic) bond motifs is 1. The highest BCUT2D eigenvalue weighted by atomic mass is 16.5. The van der Waals surface area contributed by atoms with Crippen LogP contribution in [-0.4, -0.2) is 40.1 Å². The topological polar surface area (TPSA) is 64.3 Å². The van der Waals surface area contributed by atoms with Crippen molar-refractivity contribution in [2.45, 2.75) is 31.9 Å². The van der Waals surface area contributed by atoms with Crippen LogP contribution in [0.2, 0.25) is 0 Å². The Labute approximate surface area is 146 Å². The average Bonchev–Trinajstić information content (AvgIpc) is 3.08. The second-order valence-corrected chi connectivity index (χ2v) is 6.51. The van der Waals surface area contributed by atoms with E-state index in [9.17, 15) is 0 Å². The molecule has 0 spiro atoms. The first-order valence-electron chi connectivity index (χ1n) is 8.68. The summed E-state index contributed by atoms with van der Waals surface area (Å²) in [5, 5.41) is 0. The smallest absolute Gasteiger partial charge is 0.198 e. The summed E-state index contributed by atoms with van der Waals surface area (Å²) in [6, 6.07) is 7.97. The highest BCUT2D eigenvalue weighted by molar-refractivity contribution is 5.72. The highest BCUT2D eigenvalue weighted by Gasteiger charge is 2.24. The van der Waals surface area contributed by atoms with E-state index < -0.39 is 0 Å². The Morgan fingerprint density at radius 2 is 1.92 bits per heavy atom. The van der Waals surface area contributed by atoms with E-state index in [0.717, 1.165) is 60.9 Å². The Morgan fingerprint density at radius 3 is 2.64 bits per heavy atom. The van der Waals surface area contributed by atoms with Crippen molar-refractivity contribution in [3.05, 3.63) is 53.9 Å². The molecule has 0 unspecified atom stereocenters. The van der Waals surface area contributed by atoms with Crippen LogP contribution in [0.15, 0.2) is 41.1 Å². The zero-order valence-corrected chi connectivity index (χ0v) is 14.4. The minimum absolute atomic E-state index is 0.406. The number of rotatable bonds is 5. The Bertz CT molecular complexity index is 790. The van der Waals surface area contributed by atoms with Crippen molar-refractivity contribution >= 4 is 11.1 Å². The molecule has 0 bridgehead atoms. The molecule has 6 nitrogen and oxygen atoms in total. The lowest BCUT2D eigenvalue weighted by Gasteiger charge is -2.30. The second kappa shape index (κ2) is 7.29. The van der Waals surface area contributed by atoms with Gasteiger partial charge in [-0.25, -0.2) is 15.0 Å². The normalized spacial score (nSPS) is 16.5. The summed E-state index contributed by atoms with van der Waals surface area (Å²) in [5.41, 5.74) is 2.97. The minimum Gasteiger partial charge on any atom is -0.440 e. The van der Waals surface area contributed by atoms with Gasteiger partial charge in [-0.1, -0.05) is 12.1 Å². The fourth-order valence-corrected chi connectivity index (χ4v) is 3.33. The number of piperidine rings is 1. The molecule has 1 fully saturated rings. The number of oxazole rings is 1. The first-order valence-corrected chi connectivity index (χ1v) is 8.68. The van der Waals surface area contributed by atoms with Crippen molar-refractivity contribution < 1.29 is 9.15 Å². The van der Waals surface area contributed by atoms with Crippen molar-refractivity contribution in [3.8, 4) is 0 Å². The van der Waals surface area contributed by atoms with Gasteiger partial charge in [0.25, 0.3) is 0 Å². The van der Waals surface area contributed by atoms with Gasteiger partial charge < -0.3 is 9.15 Å². The molecular formula is C19H22N4O2. The van der Waals surface area contributed by atoms with Crippen molar-refractivity contribution in [1.29, 1.82) is 0 Å². The summed E-state index contributed by atoms with van der Waals surface area (Å²) in [6.45, 7) is 3.40. The van der Waals surface area contributed by atoms with Crippen LogP contribution in [0, 0.1) is 0 Å². The molecule has 25 heavy (non-hydrogen) atoms. The molecule has 0 N–H and O–H groups in total. The van der Waals surface area contributed by atoms with Gasteiger partial charge in [-0.05, 0) is 38.1 Å². The van der Waals surface area contributed by atoms with Crippen molar-refractivity contribution in [3.63, 3.8) is 0 Å². The van der Waals surface area contributed by atoms with E-state index in [1.165, 1.54) is 0 Å². The van der Waals surface area contributed by atoms with Crippen LogP contribution in [-0.2, 0) is 17.9 Å². The molecule has 0 amide bonds. The first-order chi connectivity index (χ1) is 12.3. The predicted octanol–water partition coefficient (Wildman–Crippen LogP) is 3.14. The lowest BCUT2D eigenvalue weighted by molar-refractivity contribution is 0.177. The number of hydrogen-bond acceptors (Lipinski definition) is 6. The molecule has 1 aliphatic heterocycles. The Morgan fingerprint density at radius 1 is 1.16 bits per heavy atom. The molecule has 0 atom stereocenters. The van der Waals surface area contributed by atoms with Gasteiger partial charge in [-0.2, -0.15) is 0 Å². The van der Waals surface area contributed by atoms with Gasteiger partial charge in [0.15, 0.2) is 17.3 Å². The molecule has 3 heterocycles. The SMILES string of the molecule is COCc1ncc(CN2CCC(c3nc4ccccc4o3)CC2)cn1. The molecule has 0 saturated carbocycles. The first kappa shape index (κ1) is 16.2. The number of para-hydroxylation sites is 2. The number of nitrogens with zero attached hydrogens (tertiary/aromatic N) is 4. The molecule has 2 aromatic heterocycles. The third-order valence-corrected chi connectivity index (χ3v) is 4.69. The Hall–Kier alpha value is -2.31. The van der Waals surface area contributed by atoms with E-state index in [1.54, 1.807) is 7.11 Å². The number of ether oxygens (including phenoxy) is 1. The van der Waals surface area contributed by atoms with Gasteiger partial charge in [-0.15, -0.1) is 0 Å². The van der Waals surface area contributed by atoms with E-state index in [2.05, 4.69) is 19.9 Å². The largest absolute Gasteiger partial charge is 0.440 e. The summed E-state index contributed by atoms with van der Waals surface area (Å²) in [4.78, 5) is 15.8.